The largest absolute Gasteiger partial charge is 0.491 e. The highest BCUT2D eigenvalue weighted by Gasteiger charge is 2.33. The van der Waals surface area contributed by atoms with Crippen molar-refractivity contribution in [2.75, 3.05) is 18.1 Å². The maximum Gasteiger partial charge on any atom is 0.416 e. The molecule has 5 aromatic rings. The number of anilines is 1. The molecule has 0 saturated heterocycles. The minimum absolute atomic E-state index is 0.127. The van der Waals surface area contributed by atoms with Gasteiger partial charge in [-0.05, 0) is 61.7 Å². The lowest BCUT2D eigenvalue weighted by molar-refractivity contribution is -0.137. The van der Waals surface area contributed by atoms with Crippen LogP contribution in [0.1, 0.15) is 42.1 Å². The summed E-state index contributed by atoms with van der Waals surface area (Å²) in [6.07, 6.45) is -4.12. The summed E-state index contributed by atoms with van der Waals surface area (Å²) in [4.78, 5) is 9.65. The van der Waals surface area contributed by atoms with Crippen LogP contribution in [0.15, 0.2) is 54.6 Å². The van der Waals surface area contributed by atoms with Gasteiger partial charge in [0.25, 0.3) is 0 Å². The predicted molar refractivity (Wildman–Crippen MR) is 155 cm³/mol. The van der Waals surface area contributed by atoms with Crippen LogP contribution in [-0.2, 0) is 19.1 Å². The van der Waals surface area contributed by atoms with Gasteiger partial charge in [-0.15, -0.1) is 0 Å². The van der Waals surface area contributed by atoms with Gasteiger partial charge in [-0.25, -0.2) is 14.1 Å². The van der Waals surface area contributed by atoms with Crippen molar-refractivity contribution in [3.8, 4) is 22.7 Å². The normalized spacial score (nSPS) is 13.7. The Morgan fingerprint density at radius 2 is 1.86 bits per heavy atom. The van der Waals surface area contributed by atoms with Crippen LogP contribution in [0.25, 0.3) is 28.0 Å². The second-order valence-corrected chi connectivity index (χ2v) is 11.2. The Hall–Kier alpha value is -4.34. The Kier molecular flexibility index (Phi) is 6.95. The second kappa shape index (κ2) is 10.5. The van der Waals surface area contributed by atoms with E-state index in [4.69, 9.17) is 9.84 Å². The van der Waals surface area contributed by atoms with Crippen molar-refractivity contribution >= 4 is 16.7 Å². The lowest BCUT2D eigenvalue weighted by Gasteiger charge is -2.29. The number of nitrogens with zero attached hydrogens (tertiary/aromatic N) is 4. The molecule has 3 aromatic carbocycles. The fourth-order valence-electron chi connectivity index (χ4n) is 5.53. The van der Waals surface area contributed by atoms with Crippen molar-refractivity contribution in [2.24, 2.45) is 5.92 Å². The van der Waals surface area contributed by atoms with Gasteiger partial charge in [0.05, 0.1) is 40.3 Å². The van der Waals surface area contributed by atoms with Crippen LogP contribution in [0.4, 0.5) is 23.2 Å². The molecule has 0 fully saturated rings. The fraction of sp³-hybridized carbons (Fsp3) is 0.312. The van der Waals surface area contributed by atoms with Gasteiger partial charge < -0.3 is 14.6 Å². The standard InChI is InChI=1S/C32H31F4N5O/c1-18(2)17-42-29-7-5-6-19(3)30(29)41-31(21-8-10-26-27(14-21)38-20(4)37-26)23-16-40(13-12-25(23)39-41)28-11-9-22(15-24(28)33)32(34,35)36/h5-11,14-15,18H,12-13,16-17H2,1-4H3,(H,37,38). The number of imidazole rings is 1. The molecule has 2 aromatic heterocycles. The number of aromatic amines is 1. The summed E-state index contributed by atoms with van der Waals surface area (Å²) in [5, 5.41) is 5.07. The number of aryl methyl sites for hydroxylation is 2. The summed E-state index contributed by atoms with van der Waals surface area (Å²) in [6.45, 7) is 9.30. The molecule has 42 heavy (non-hydrogen) atoms. The third-order valence-electron chi connectivity index (χ3n) is 7.51. The van der Waals surface area contributed by atoms with Crippen LogP contribution in [-0.4, -0.2) is 32.9 Å². The SMILES string of the molecule is Cc1nc2cc(-c3c4c(nn3-c3c(C)cccc3OCC(C)C)CCN(c3ccc(C(F)(F)F)cc3F)C4)ccc2[nH]1. The van der Waals surface area contributed by atoms with E-state index in [1.54, 1.807) is 4.90 Å². The van der Waals surface area contributed by atoms with E-state index in [0.717, 1.165) is 56.7 Å². The second-order valence-electron chi connectivity index (χ2n) is 11.2. The Morgan fingerprint density at radius 1 is 1.05 bits per heavy atom. The van der Waals surface area contributed by atoms with Crippen LogP contribution in [0, 0.1) is 25.6 Å². The fourth-order valence-corrected chi connectivity index (χ4v) is 5.53. The van der Waals surface area contributed by atoms with Gasteiger partial charge in [0, 0.05) is 30.6 Å². The quantitative estimate of drug-likeness (QED) is 0.209. The minimum Gasteiger partial charge on any atom is -0.491 e. The van der Waals surface area contributed by atoms with Crippen molar-refractivity contribution in [3.63, 3.8) is 0 Å². The van der Waals surface area contributed by atoms with Gasteiger partial charge >= 0.3 is 6.18 Å². The molecular weight excluding hydrogens is 546 g/mol. The molecule has 0 atom stereocenters. The number of nitrogens with one attached hydrogen (secondary N) is 1. The highest BCUT2D eigenvalue weighted by atomic mass is 19.4. The molecule has 0 unspecified atom stereocenters. The summed E-state index contributed by atoms with van der Waals surface area (Å²) in [5.41, 5.74) is 6.02. The first kappa shape index (κ1) is 27.8. The number of rotatable bonds is 6. The monoisotopic (exact) mass is 577 g/mol. The van der Waals surface area contributed by atoms with Crippen LogP contribution >= 0.6 is 0 Å². The number of hydrogen-bond acceptors (Lipinski definition) is 4. The van der Waals surface area contributed by atoms with E-state index in [0.29, 0.717) is 37.3 Å². The number of aromatic nitrogens is 4. The van der Waals surface area contributed by atoms with E-state index in [9.17, 15) is 13.2 Å². The Balaban J connectivity index is 1.51. The molecule has 1 N–H and O–H groups in total. The maximum atomic E-state index is 15.1. The van der Waals surface area contributed by atoms with E-state index >= 15 is 4.39 Å². The summed E-state index contributed by atoms with van der Waals surface area (Å²) < 4.78 is 62.9. The van der Waals surface area contributed by atoms with E-state index in [2.05, 4.69) is 23.8 Å². The van der Waals surface area contributed by atoms with Gasteiger partial charge in [0.2, 0.25) is 0 Å². The third kappa shape index (κ3) is 5.10. The van der Waals surface area contributed by atoms with Crippen molar-refractivity contribution in [1.29, 1.82) is 0 Å². The number of fused-ring (bicyclic) bond motifs is 2. The molecule has 6 rings (SSSR count). The number of H-pyrrole nitrogens is 1. The number of para-hydroxylation sites is 1. The molecule has 1 aliphatic heterocycles. The van der Waals surface area contributed by atoms with Crippen molar-refractivity contribution in [2.45, 2.75) is 46.8 Å². The molecule has 218 valence electrons. The number of halogens is 4. The molecule has 1 aliphatic rings. The number of hydrogen-bond donors (Lipinski definition) is 1. The average molecular weight is 578 g/mol. The first-order chi connectivity index (χ1) is 20.0. The molecule has 0 saturated carbocycles. The van der Waals surface area contributed by atoms with Crippen LogP contribution < -0.4 is 9.64 Å². The maximum absolute atomic E-state index is 15.1. The smallest absolute Gasteiger partial charge is 0.416 e. The zero-order chi connectivity index (χ0) is 29.8. The first-order valence-electron chi connectivity index (χ1n) is 13.9. The topological polar surface area (TPSA) is 59.0 Å². The molecule has 3 heterocycles. The Bertz CT molecular complexity index is 1790. The Morgan fingerprint density at radius 3 is 2.60 bits per heavy atom. The van der Waals surface area contributed by atoms with E-state index in [1.165, 1.54) is 6.07 Å². The summed E-state index contributed by atoms with van der Waals surface area (Å²) in [7, 11) is 0. The molecule has 6 nitrogen and oxygen atoms in total. The van der Waals surface area contributed by atoms with Crippen LogP contribution in [0.2, 0.25) is 0 Å². The first-order valence-corrected chi connectivity index (χ1v) is 13.9. The average Bonchev–Trinajstić information content (AvgIpc) is 3.49. The minimum atomic E-state index is -4.62. The van der Waals surface area contributed by atoms with Crippen molar-refractivity contribution < 1.29 is 22.3 Å². The third-order valence-corrected chi connectivity index (χ3v) is 7.51. The number of benzene rings is 3. The summed E-state index contributed by atoms with van der Waals surface area (Å²) in [6, 6.07) is 14.6. The lowest BCUT2D eigenvalue weighted by Crippen LogP contribution is -2.31. The molecule has 0 aliphatic carbocycles. The Labute approximate surface area is 240 Å². The van der Waals surface area contributed by atoms with Crippen LogP contribution in [0.3, 0.4) is 0 Å². The van der Waals surface area contributed by atoms with Crippen molar-refractivity contribution in [3.05, 3.63) is 88.6 Å². The van der Waals surface area contributed by atoms with Gasteiger partial charge in [-0.3, -0.25) is 0 Å². The zero-order valence-electron chi connectivity index (χ0n) is 23.8. The summed E-state index contributed by atoms with van der Waals surface area (Å²) in [5.74, 6) is 0.914. The van der Waals surface area contributed by atoms with Gasteiger partial charge in [0.1, 0.15) is 23.1 Å². The predicted octanol–water partition coefficient (Wildman–Crippen LogP) is 7.79. The van der Waals surface area contributed by atoms with E-state index < -0.39 is 17.6 Å². The molecule has 0 radical (unpaired) electrons. The molecule has 10 heteroatoms. The lowest BCUT2D eigenvalue weighted by atomic mass is 9.99. The van der Waals surface area contributed by atoms with Crippen molar-refractivity contribution in [1.82, 2.24) is 19.7 Å². The van der Waals surface area contributed by atoms with Gasteiger partial charge in [-0.2, -0.15) is 18.3 Å². The number of alkyl halides is 3. The highest BCUT2D eigenvalue weighted by molar-refractivity contribution is 5.83. The zero-order valence-corrected chi connectivity index (χ0v) is 23.8. The molecule has 0 bridgehead atoms. The number of ether oxygens (including phenoxy) is 1. The van der Waals surface area contributed by atoms with Gasteiger partial charge in [-0.1, -0.05) is 32.0 Å². The van der Waals surface area contributed by atoms with Gasteiger partial charge in [0.15, 0.2) is 0 Å². The summed E-state index contributed by atoms with van der Waals surface area (Å²) >= 11 is 0. The molecule has 0 spiro atoms. The van der Waals surface area contributed by atoms with Crippen LogP contribution in [0.5, 0.6) is 5.75 Å². The molecule has 0 amide bonds. The van der Waals surface area contributed by atoms with E-state index in [1.807, 2.05) is 54.9 Å². The molecular formula is C32H31F4N5O. The highest BCUT2D eigenvalue weighted by Crippen LogP contribution is 2.39. The van der Waals surface area contributed by atoms with E-state index in [-0.39, 0.29) is 12.2 Å².